The highest BCUT2D eigenvalue weighted by Crippen LogP contribution is 2.36. The molecule has 0 heterocycles. The first kappa shape index (κ1) is 19.5. The lowest BCUT2D eigenvalue weighted by Crippen LogP contribution is -3.00. The standard InChI is InChI=1S/C19H26NO2.ClH/c1-5-20(3,4)19(21-6-2,17-13-9-7-10-14-17)22-18-15-11-8-12-16-18;/h7-16H,5-6H2,1-4H3;1H/q+1;/p-1. The molecule has 0 aromatic heterocycles. The summed E-state index contributed by atoms with van der Waals surface area (Å²) in [7, 11) is 4.26. The van der Waals surface area contributed by atoms with Crippen molar-refractivity contribution in [1.29, 1.82) is 0 Å². The van der Waals surface area contributed by atoms with Crippen molar-refractivity contribution in [3.05, 3.63) is 66.2 Å². The van der Waals surface area contributed by atoms with Crippen molar-refractivity contribution in [2.45, 2.75) is 19.8 Å². The van der Waals surface area contributed by atoms with Crippen LogP contribution in [-0.2, 0) is 10.6 Å². The van der Waals surface area contributed by atoms with Crippen LogP contribution < -0.4 is 17.1 Å². The summed E-state index contributed by atoms with van der Waals surface area (Å²) in [5.74, 6) is -0.0639. The van der Waals surface area contributed by atoms with Gasteiger partial charge in [0.15, 0.2) is 0 Å². The van der Waals surface area contributed by atoms with E-state index in [1.54, 1.807) is 0 Å². The van der Waals surface area contributed by atoms with Crippen LogP contribution in [0.25, 0.3) is 0 Å². The number of quaternary nitrogens is 1. The van der Waals surface area contributed by atoms with Crippen LogP contribution in [0.15, 0.2) is 60.7 Å². The lowest BCUT2D eigenvalue weighted by molar-refractivity contribution is -1.000. The highest BCUT2D eigenvalue weighted by molar-refractivity contribution is 5.25. The Labute approximate surface area is 145 Å². The van der Waals surface area contributed by atoms with Gasteiger partial charge in [-0.3, -0.25) is 9.22 Å². The van der Waals surface area contributed by atoms with Gasteiger partial charge in [0.2, 0.25) is 0 Å². The number of halogens is 1. The topological polar surface area (TPSA) is 18.5 Å². The van der Waals surface area contributed by atoms with E-state index < -0.39 is 5.91 Å². The van der Waals surface area contributed by atoms with E-state index in [2.05, 4.69) is 33.2 Å². The second-order valence-corrected chi connectivity index (χ2v) is 5.80. The molecule has 0 aliphatic carbocycles. The van der Waals surface area contributed by atoms with E-state index in [4.69, 9.17) is 9.47 Å². The molecule has 0 spiro atoms. The fourth-order valence-corrected chi connectivity index (χ4v) is 2.52. The van der Waals surface area contributed by atoms with E-state index >= 15 is 0 Å². The molecule has 4 heteroatoms. The maximum Gasteiger partial charge on any atom is 0.389 e. The second kappa shape index (κ2) is 8.34. The molecule has 0 radical (unpaired) electrons. The van der Waals surface area contributed by atoms with E-state index in [9.17, 15) is 0 Å². The molecule has 1 atom stereocenters. The van der Waals surface area contributed by atoms with Crippen LogP contribution in [0.5, 0.6) is 5.75 Å². The van der Waals surface area contributed by atoms with E-state index in [-0.39, 0.29) is 12.4 Å². The Balaban J connectivity index is 0.00000264. The van der Waals surface area contributed by atoms with Crippen molar-refractivity contribution in [3.63, 3.8) is 0 Å². The molecule has 0 aliphatic rings. The molecule has 1 unspecified atom stereocenters. The van der Waals surface area contributed by atoms with Gasteiger partial charge in [-0.1, -0.05) is 36.4 Å². The van der Waals surface area contributed by atoms with Crippen LogP contribution in [0, 0.1) is 0 Å². The molecular weight excluding hydrogens is 310 g/mol. The van der Waals surface area contributed by atoms with Gasteiger partial charge in [0.25, 0.3) is 0 Å². The molecule has 2 rings (SSSR count). The lowest BCUT2D eigenvalue weighted by Gasteiger charge is -2.45. The van der Waals surface area contributed by atoms with E-state index in [1.807, 2.05) is 55.5 Å². The molecule has 0 amide bonds. The molecule has 2 aromatic rings. The number of benzene rings is 2. The van der Waals surface area contributed by atoms with Crippen LogP contribution >= 0.6 is 0 Å². The Morgan fingerprint density at radius 3 is 1.87 bits per heavy atom. The molecule has 0 saturated carbocycles. The van der Waals surface area contributed by atoms with Gasteiger partial charge in [-0.05, 0) is 38.1 Å². The number of nitrogens with zero attached hydrogens (tertiary/aromatic N) is 1. The number of para-hydroxylation sites is 1. The minimum Gasteiger partial charge on any atom is -1.00 e. The molecule has 0 fully saturated rings. The Morgan fingerprint density at radius 1 is 0.870 bits per heavy atom. The number of hydrogen-bond acceptors (Lipinski definition) is 2. The van der Waals surface area contributed by atoms with Crippen LogP contribution in [0.3, 0.4) is 0 Å². The first-order valence-corrected chi connectivity index (χ1v) is 7.82. The minimum absolute atomic E-state index is 0. The smallest absolute Gasteiger partial charge is 0.389 e. The van der Waals surface area contributed by atoms with Gasteiger partial charge in [0, 0.05) is 0 Å². The van der Waals surface area contributed by atoms with Crippen LogP contribution in [0.2, 0.25) is 0 Å². The van der Waals surface area contributed by atoms with E-state index in [0.29, 0.717) is 11.1 Å². The SMILES string of the molecule is CCOC(Oc1ccccc1)(c1ccccc1)[N+](C)(C)CC.[Cl-]. The zero-order valence-electron chi connectivity index (χ0n) is 14.3. The maximum atomic E-state index is 6.43. The molecule has 0 bridgehead atoms. The van der Waals surface area contributed by atoms with Crippen LogP contribution in [-0.4, -0.2) is 31.7 Å². The van der Waals surface area contributed by atoms with Crippen molar-refractivity contribution in [2.24, 2.45) is 0 Å². The summed E-state index contributed by atoms with van der Waals surface area (Å²) in [4.78, 5) is 0. The normalized spacial score (nSPS) is 13.7. The molecule has 0 aliphatic heterocycles. The van der Waals surface area contributed by atoms with Crippen molar-refractivity contribution >= 4 is 0 Å². The third kappa shape index (κ3) is 4.05. The van der Waals surface area contributed by atoms with Crippen molar-refractivity contribution in [1.82, 2.24) is 0 Å². The molecule has 0 saturated heterocycles. The number of rotatable bonds is 7. The highest BCUT2D eigenvalue weighted by Gasteiger charge is 2.51. The van der Waals surface area contributed by atoms with Crippen LogP contribution in [0.1, 0.15) is 19.4 Å². The molecular formula is C19H26ClNO2. The first-order chi connectivity index (χ1) is 10.6. The monoisotopic (exact) mass is 335 g/mol. The molecule has 126 valence electrons. The minimum atomic E-state index is -0.869. The predicted octanol–water partition coefficient (Wildman–Crippen LogP) is 1.01. The number of hydrogen-bond donors (Lipinski definition) is 0. The molecule has 23 heavy (non-hydrogen) atoms. The molecule has 2 aromatic carbocycles. The summed E-state index contributed by atoms with van der Waals surface area (Å²) in [6, 6.07) is 20.0. The Kier molecular flexibility index (Phi) is 7.07. The maximum absolute atomic E-state index is 6.43. The van der Waals surface area contributed by atoms with Gasteiger partial charge in [-0.25, -0.2) is 0 Å². The Bertz CT molecular complexity index is 574. The summed E-state index contributed by atoms with van der Waals surface area (Å²) in [5, 5.41) is 0. The van der Waals surface area contributed by atoms with Crippen LogP contribution in [0.4, 0.5) is 0 Å². The predicted molar refractivity (Wildman–Crippen MR) is 89.5 cm³/mol. The third-order valence-corrected chi connectivity index (χ3v) is 4.07. The quantitative estimate of drug-likeness (QED) is 0.555. The first-order valence-electron chi connectivity index (χ1n) is 7.82. The van der Waals surface area contributed by atoms with Gasteiger partial charge in [0.1, 0.15) is 5.75 Å². The fourth-order valence-electron chi connectivity index (χ4n) is 2.52. The third-order valence-electron chi connectivity index (χ3n) is 4.07. The summed E-state index contributed by atoms with van der Waals surface area (Å²) < 4.78 is 13.2. The van der Waals surface area contributed by atoms with Gasteiger partial charge < -0.3 is 17.1 Å². The van der Waals surface area contributed by atoms with Gasteiger partial charge >= 0.3 is 5.91 Å². The zero-order chi connectivity index (χ0) is 16.1. The van der Waals surface area contributed by atoms with Gasteiger partial charge in [0.05, 0.1) is 32.8 Å². The number of ether oxygens (including phenoxy) is 2. The average molecular weight is 336 g/mol. The largest absolute Gasteiger partial charge is 1.00 e. The average Bonchev–Trinajstić information content (AvgIpc) is 2.56. The van der Waals surface area contributed by atoms with Gasteiger partial charge in [-0.15, -0.1) is 0 Å². The lowest BCUT2D eigenvalue weighted by atomic mass is 10.1. The van der Waals surface area contributed by atoms with Crippen molar-refractivity contribution in [3.8, 4) is 5.75 Å². The molecule has 3 nitrogen and oxygen atoms in total. The Morgan fingerprint density at radius 2 is 1.39 bits per heavy atom. The second-order valence-electron chi connectivity index (χ2n) is 5.80. The van der Waals surface area contributed by atoms with Gasteiger partial charge in [-0.2, -0.15) is 0 Å². The summed E-state index contributed by atoms with van der Waals surface area (Å²) in [6.07, 6.45) is 0. The van der Waals surface area contributed by atoms with Crippen molar-refractivity contribution < 1.29 is 26.4 Å². The van der Waals surface area contributed by atoms with E-state index in [0.717, 1.165) is 17.9 Å². The molecule has 0 N–H and O–H groups in total. The Hall–Kier alpha value is -1.55. The van der Waals surface area contributed by atoms with Crippen molar-refractivity contribution in [2.75, 3.05) is 27.2 Å². The van der Waals surface area contributed by atoms with E-state index in [1.165, 1.54) is 0 Å². The summed E-state index contributed by atoms with van der Waals surface area (Å²) in [6.45, 7) is 5.60. The summed E-state index contributed by atoms with van der Waals surface area (Å²) in [5.41, 5.74) is 1.02. The highest BCUT2D eigenvalue weighted by atomic mass is 35.5. The fraction of sp³-hybridized carbons (Fsp3) is 0.368. The summed E-state index contributed by atoms with van der Waals surface area (Å²) >= 11 is 0. The zero-order valence-corrected chi connectivity index (χ0v) is 15.1.